The molecule has 0 unspecified atom stereocenters. The Bertz CT molecular complexity index is 1220. The van der Waals surface area contributed by atoms with Crippen molar-refractivity contribution < 1.29 is 4.42 Å². The molecular formula is C24H17N3O. The maximum absolute atomic E-state index is 5.67. The first-order valence-corrected chi connectivity index (χ1v) is 9.12. The van der Waals surface area contributed by atoms with E-state index in [0.29, 0.717) is 0 Å². The van der Waals surface area contributed by atoms with Gasteiger partial charge in [0, 0.05) is 16.7 Å². The van der Waals surface area contributed by atoms with Crippen molar-refractivity contribution in [2.24, 2.45) is 4.99 Å². The van der Waals surface area contributed by atoms with E-state index >= 15 is 0 Å². The quantitative estimate of drug-likeness (QED) is 0.469. The number of aliphatic imine (C=N–C) groups is 1. The van der Waals surface area contributed by atoms with E-state index in [1.165, 1.54) is 0 Å². The minimum atomic E-state index is -0.112. The van der Waals surface area contributed by atoms with Gasteiger partial charge in [0.1, 0.15) is 12.0 Å². The van der Waals surface area contributed by atoms with E-state index in [0.717, 1.165) is 45.2 Å². The number of terminal acetylenes is 1. The van der Waals surface area contributed by atoms with Crippen LogP contribution in [0.4, 0.5) is 0 Å². The number of benzene rings is 2. The zero-order valence-corrected chi connectivity index (χ0v) is 15.3. The molecule has 1 atom stereocenters. The molecule has 4 aromatic rings. The molecule has 28 heavy (non-hydrogen) atoms. The van der Waals surface area contributed by atoms with Gasteiger partial charge in [-0.05, 0) is 37.3 Å². The Labute approximate surface area is 163 Å². The third-order valence-electron chi connectivity index (χ3n) is 5.00. The SMILES string of the molecule is C#Cc1ccc2c(c1)C(c1ccccc1)=N[C@H](C)c1c(-c3ccco3)ncn1-2. The molecule has 0 aliphatic carbocycles. The molecule has 0 amide bonds. The van der Waals surface area contributed by atoms with Gasteiger partial charge in [0.25, 0.3) is 0 Å². The number of imidazole rings is 1. The fraction of sp³-hybridized carbons (Fsp3) is 0.0833. The highest BCUT2D eigenvalue weighted by atomic mass is 16.3. The first-order chi connectivity index (χ1) is 13.8. The lowest BCUT2D eigenvalue weighted by Crippen LogP contribution is -2.07. The Balaban J connectivity index is 1.81. The fourth-order valence-corrected chi connectivity index (χ4v) is 3.73. The van der Waals surface area contributed by atoms with Crippen LogP contribution in [0.5, 0.6) is 0 Å². The first-order valence-electron chi connectivity index (χ1n) is 9.12. The highest BCUT2D eigenvalue weighted by Gasteiger charge is 2.27. The lowest BCUT2D eigenvalue weighted by Gasteiger charge is -2.12. The maximum Gasteiger partial charge on any atom is 0.154 e. The summed E-state index contributed by atoms with van der Waals surface area (Å²) in [7, 11) is 0. The second-order valence-corrected chi connectivity index (χ2v) is 6.72. The monoisotopic (exact) mass is 363 g/mol. The van der Waals surface area contributed by atoms with Crippen molar-refractivity contribution in [3.8, 4) is 29.5 Å². The highest BCUT2D eigenvalue weighted by molar-refractivity contribution is 6.15. The van der Waals surface area contributed by atoms with Crippen LogP contribution in [0.3, 0.4) is 0 Å². The molecule has 5 rings (SSSR count). The molecule has 4 nitrogen and oxygen atoms in total. The summed E-state index contributed by atoms with van der Waals surface area (Å²) >= 11 is 0. The van der Waals surface area contributed by atoms with Gasteiger partial charge in [-0.3, -0.25) is 9.56 Å². The van der Waals surface area contributed by atoms with Crippen LogP contribution in [0.25, 0.3) is 17.1 Å². The van der Waals surface area contributed by atoms with Gasteiger partial charge in [-0.25, -0.2) is 4.98 Å². The van der Waals surface area contributed by atoms with Gasteiger partial charge in [0.15, 0.2) is 5.76 Å². The second kappa shape index (κ2) is 6.40. The number of rotatable bonds is 2. The van der Waals surface area contributed by atoms with E-state index in [9.17, 15) is 0 Å². The average molecular weight is 363 g/mol. The molecule has 3 heterocycles. The summed E-state index contributed by atoms with van der Waals surface area (Å²) in [6.45, 7) is 2.08. The van der Waals surface area contributed by atoms with Crippen LogP contribution in [0, 0.1) is 12.3 Å². The number of aromatic nitrogens is 2. The predicted molar refractivity (Wildman–Crippen MR) is 110 cm³/mol. The van der Waals surface area contributed by atoms with Gasteiger partial charge < -0.3 is 4.42 Å². The summed E-state index contributed by atoms with van der Waals surface area (Å²) in [6.07, 6.45) is 9.17. The smallest absolute Gasteiger partial charge is 0.154 e. The van der Waals surface area contributed by atoms with E-state index in [1.807, 2.05) is 54.9 Å². The molecule has 0 spiro atoms. The van der Waals surface area contributed by atoms with E-state index < -0.39 is 0 Å². The molecule has 0 N–H and O–H groups in total. The molecule has 0 saturated heterocycles. The molecule has 134 valence electrons. The minimum Gasteiger partial charge on any atom is -0.463 e. The van der Waals surface area contributed by atoms with E-state index in [4.69, 9.17) is 15.8 Å². The summed E-state index contributed by atoms with van der Waals surface area (Å²) in [5.74, 6) is 3.47. The molecule has 2 aromatic carbocycles. The van der Waals surface area contributed by atoms with Crippen LogP contribution in [0.15, 0.2) is 82.7 Å². The van der Waals surface area contributed by atoms with Crippen LogP contribution < -0.4 is 0 Å². The van der Waals surface area contributed by atoms with E-state index in [2.05, 4.69) is 34.5 Å². The third kappa shape index (κ3) is 2.49. The maximum atomic E-state index is 5.67. The van der Waals surface area contributed by atoms with Gasteiger partial charge in [-0.2, -0.15) is 0 Å². The highest BCUT2D eigenvalue weighted by Crippen LogP contribution is 2.36. The number of hydrogen-bond donors (Lipinski definition) is 0. The molecule has 0 fully saturated rings. The number of fused-ring (bicyclic) bond motifs is 3. The standard InChI is InChI=1S/C24H17N3O/c1-3-17-11-12-20-19(14-17)22(18-8-5-4-6-9-18)26-16(2)24-23(25-15-27(20)24)21-10-7-13-28-21/h1,4-16H,2H3/t16-/m1/s1. The van der Waals surface area contributed by atoms with E-state index in [-0.39, 0.29) is 6.04 Å². The normalized spacial score (nSPS) is 15.1. The fourth-order valence-electron chi connectivity index (χ4n) is 3.73. The zero-order chi connectivity index (χ0) is 19.1. The molecule has 0 radical (unpaired) electrons. The Kier molecular flexibility index (Phi) is 3.73. The van der Waals surface area contributed by atoms with Crippen LogP contribution in [-0.2, 0) is 0 Å². The van der Waals surface area contributed by atoms with Crippen molar-refractivity contribution in [1.29, 1.82) is 0 Å². The number of hydrogen-bond acceptors (Lipinski definition) is 3. The summed E-state index contributed by atoms with van der Waals surface area (Å²) in [4.78, 5) is 9.72. The second-order valence-electron chi connectivity index (χ2n) is 6.72. The lowest BCUT2D eigenvalue weighted by molar-refractivity contribution is 0.578. The summed E-state index contributed by atoms with van der Waals surface area (Å²) in [6, 6.07) is 19.9. The molecule has 4 heteroatoms. The Morgan fingerprint density at radius 1 is 1.07 bits per heavy atom. The average Bonchev–Trinajstić information content (AvgIpc) is 3.39. The van der Waals surface area contributed by atoms with E-state index in [1.54, 1.807) is 6.26 Å². The zero-order valence-electron chi connectivity index (χ0n) is 15.3. The molecule has 1 aliphatic rings. The topological polar surface area (TPSA) is 43.3 Å². The van der Waals surface area contributed by atoms with Crippen molar-refractivity contribution in [2.75, 3.05) is 0 Å². The van der Waals surface area contributed by atoms with Gasteiger partial charge in [0.2, 0.25) is 0 Å². The molecule has 1 aliphatic heterocycles. The van der Waals surface area contributed by atoms with Gasteiger partial charge in [-0.15, -0.1) is 6.42 Å². The number of nitrogens with zero attached hydrogens (tertiary/aromatic N) is 3. The Hall–Kier alpha value is -3.84. The lowest BCUT2D eigenvalue weighted by atomic mass is 9.98. The third-order valence-corrected chi connectivity index (χ3v) is 5.00. The van der Waals surface area contributed by atoms with Gasteiger partial charge in [-0.1, -0.05) is 36.3 Å². The summed E-state index contributed by atoms with van der Waals surface area (Å²) < 4.78 is 7.71. The van der Waals surface area contributed by atoms with Crippen LogP contribution in [-0.4, -0.2) is 15.3 Å². The first kappa shape index (κ1) is 16.3. The Morgan fingerprint density at radius 2 is 1.93 bits per heavy atom. The summed E-state index contributed by atoms with van der Waals surface area (Å²) in [5.41, 5.74) is 6.61. The van der Waals surface area contributed by atoms with Crippen LogP contribution in [0.2, 0.25) is 0 Å². The van der Waals surface area contributed by atoms with Crippen LogP contribution in [0.1, 0.15) is 35.3 Å². The Morgan fingerprint density at radius 3 is 2.68 bits per heavy atom. The number of furan rings is 1. The molecule has 0 bridgehead atoms. The van der Waals surface area contributed by atoms with Gasteiger partial charge >= 0.3 is 0 Å². The van der Waals surface area contributed by atoms with Gasteiger partial charge in [0.05, 0.1) is 29.4 Å². The molecule has 2 aromatic heterocycles. The molecular weight excluding hydrogens is 346 g/mol. The molecule has 0 saturated carbocycles. The van der Waals surface area contributed by atoms with Crippen molar-refractivity contribution in [3.63, 3.8) is 0 Å². The van der Waals surface area contributed by atoms with Crippen molar-refractivity contribution in [2.45, 2.75) is 13.0 Å². The predicted octanol–water partition coefficient (Wildman–Crippen LogP) is 5.03. The summed E-state index contributed by atoms with van der Waals surface area (Å²) in [5, 5.41) is 0. The van der Waals surface area contributed by atoms with Crippen molar-refractivity contribution in [3.05, 3.63) is 95.6 Å². The van der Waals surface area contributed by atoms with Crippen molar-refractivity contribution in [1.82, 2.24) is 9.55 Å². The van der Waals surface area contributed by atoms with Crippen LogP contribution >= 0.6 is 0 Å². The van der Waals surface area contributed by atoms with Crippen molar-refractivity contribution >= 4 is 5.71 Å². The minimum absolute atomic E-state index is 0.112. The largest absolute Gasteiger partial charge is 0.463 e.